The van der Waals surface area contributed by atoms with Gasteiger partial charge in [-0.15, -0.1) is 22.7 Å². The Kier molecular flexibility index (Phi) is 3.57. The van der Waals surface area contributed by atoms with E-state index in [1.54, 1.807) is 22.7 Å². The van der Waals surface area contributed by atoms with Crippen LogP contribution >= 0.6 is 38.6 Å². The van der Waals surface area contributed by atoms with E-state index < -0.39 is 0 Å². The molecule has 5 heteroatoms. The van der Waals surface area contributed by atoms with Crippen LogP contribution in [0.15, 0.2) is 45.6 Å². The van der Waals surface area contributed by atoms with Crippen LogP contribution in [0, 0.1) is 0 Å². The zero-order chi connectivity index (χ0) is 14.2. The summed E-state index contributed by atoms with van der Waals surface area (Å²) in [6.07, 6.45) is 2.36. The van der Waals surface area contributed by atoms with Crippen LogP contribution in [0.3, 0.4) is 0 Å². The Balaban J connectivity index is 1.71. The van der Waals surface area contributed by atoms with Crippen LogP contribution in [-0.2, 0) is 6.42 Å². The third-order valence-corrected chi connectivity index (χ3v) is 6.17. The molecule has 0 amide bonds. The van der Waals surface area contributed by atoms with Gasteiger partial charge in [0.25, 0.3) is 0 Å². The maximum atomic E-state index is 4.85. The topological polar surface area (TPSA) is 16.1 Å². The molecule has 0 spiro atoms. The number of aromatic nitrogens is 1. The fourth-order valence-electron chi connectivity index (χ4n) is 2.69. The van der Waals surface area contributed by atoms with E-state index >= 15 is 0 Å². The largest absolute Gasteiger partial charge is 0.318 e. The van der Waals surface area contributed by atoms with Gasteiger partial charge < -0.3 is 4.90 Å². The Labute approximate surface area is 140 Å². The van der Waals surface area contributed by atoms with Crippen molar-refractivity contribution in [2.24, 2.45) is 0 Å². The van der Waals surface area contributed by atoms with Gasteiger partial charge in [0.2, 0.25) is 0 Å². The summed E-state index contributed by atoms with van der Waals surface area (Å²) in [5, 5.41) is 3.26. The van der Waals surface area contributed by atoms with Crippen LogP contribution in [0.5, 0.6) is 0 Å². The molecular weight excluding hydrogens is 364 g/mol. The number of benzene rings is 1. The summed E-state index contributed by atoms with van der Waals surface area (Å²) >= 11 is 6.98. The summed E-state index contributed by atoms with van der Waals surface area (Å²) in [6.45, 7) is 1.05. The van der Waals surface area contributed by atoms with Gasteiger partial charge in [-0.2, -0.15) is 0 Å². The number of hydrogen-bond donors (Lipinski definition) is 0. The first-order valence-corrected chi connectivity index (χ1v) is 9.37. The molecule has 0 N–H and O–H groups in total. The molecule has 0 fully saturated rings. The van der Waals surface area contributed by atoms with Gasteiger partial charge in [-0.1, -0.05) is 18.2 Å². The molecule has 0 saturated carbocycles. The van der Waals surface area contributed by atoms with E-state index in [2.05, 4.69) is 62.6 Å². The number of thiophene rings is 1. The first-order chi connectivity index (χ1) is 10.3. The highest BCUT2D eigenvalue weighted by molar-refractivity contribution is 9.11. The van der Waals surface area contributed by atoms with Crippen LogP contribution in [0.1, 0.15) is 12.0 Å². The van der Waals surface area contributed by atoms with Crippen LogP contribution in [0.2, 0.25) is 0 Å². The Bertz CT molecular complexity index is 778. The van der Waals surface area contributed by atoms with Crippen LogP contribution < -0.4 is 4.90 Å². The maximum Gasteiger partial charge on any atom is 0.190 e. The molecule has 0 unspecified atom stereocenters. The van der Waals surface area contributed by atoms with Gasteiger partial charge in [0, 0.05) is 17.6 Å². The average Bonchev–Trinajstić information content (AvgIpc) is 3.15. The predicted octanol–water partition coefficient (Wildman–Crippen LogP) is 5.72. The molecule has 0 aliphatic carbocycles. The number of hydrogen-bond acceptors (Lipinski definition) is 4. The predicted molar refractivity (Wildman–Crippen MR) is 94.9 cm³/mol. The van der Waals surface area contributed by atoms with Crippen molar-refractivity contribution in [2.75, 3.05) is 11.4 Å². The highest BCUT2D eigenvalue weighted by Crippen LogP contribution is 2.38. The number of para-hydroxylation sites is 1. The number of nitrogens with zero attached hydrogens (tertiary/aromatic N) is 2. The molecule has 2 aromatic heterocycles. The van der Waals surface area contributed by atoms with Crippen molar-refractivity contribution in [3.05, 3.63) is 51.1 Å². The zero-order valence-corrected chi connectivity index (χ0v) is 14.5. The molecule has 1 aliphatic heterocycles. The van der Waals surface area contributed by atoms with Crippen molar-refractivity contribution in [2.45, 2.75) is 12.8 Å². The van der Waals surface area contributed by atoms with Crippen molar-refractivity contribution in [3.8, 4) is 10.6 Å². The van der Waals surface area contributed by atoms with Gasteiger partial charge in [-0.25, -0.2) is 4.98 Å². The van der Waals surface area contributed by atoms with Gasteiger partial charge in [-0.3, -0.25) is 0 Å². The molecule has 3 aromatic rings. The number of thiazole rings is 1. The SMILES string of the molecule is Brc1ccc(-c2csc(N3CCCc4ccccc43)n2)s1. The smallest absolute Gasteiger partial charge is 0.190 e. The summed E-state index contributed by atoms with van der Waals surface area (Å²) in [6, 6.07) is 12.9. The third-order valence-electron chi connectivity index (χ3n) is 3.66. The molecule has 0 bridgehead atoms. The van der Waals surface area contributed by atoms with Gasteiger partial charge >= 0.3 is 0 Å². The Morgan fingerprint density at radius 2 is 2.05 bits per heavy atom. The molecule has 4 rings (SSSR count). The van der Waals surface area contributed by atoms with Crippen LogP contribution in [-0.4, -0.2) is 11.5 Å². The molecule has 2 nitrogen and oxygen atoms in total. The summed E-state index contributed by atoms with van der Waals surface area (Å²) in [5.74, 6) is 0. The van der Waals surface area contributed by atoms with Crippen molar-refractivity contribution in [1.29, 1.82) is 0 Å². The maximum absolute atomic E-state index is 4.85. The standard InChI is InChI=1S/C16H13BrN2S2/c17-15-8-7-14(21-15)12-10-20-16(18-12)19-9-3-5-11-4-1-2-6-13(11)19/h1-2,4,6-8,10H,3,5,9H2. The first kappa shape index (κ1) is 13.5. The zero-order valence-electron chi connectivity index (χ0n) is 11.3. The number of aryl methyl sites for hydroxylation is 1. The van der Waals surface area contributed by atoms with Crippen LogP contribution in [0.25, 0.3) is 10.6 Å². The highest BCUT2D eigenvalue weighted by Gasteiger charge is 2.20. The summed E-state index contributed by atoms with van der Waals surface area (Å²) in [4.78, 5) is 8.42. The van der Waals surface area contributed by atoms with E-state index in [-0.39, 0.29) is 0 Å². The average molecular weight is 377 g/mol. The molecular formula is C16H13BrN2S2. The Hall–Kier alpha value is -1.17. The fraction of sp³-hybridized carbons (Fsp3) is 0.188. The van der Waals surface area contributed by atoms with Crippen LogP contribution in [0.4, 0.5) is 10.8 Å². The lowest BCUT2D eigenvalue weighted by Gasteiger charge is -2.28. The van der Waals surface area contributed by atoms with Crippen molar-refractivity contribution >= 4 is 49.4 Å². The molecule has 3 heterocycles. The molecule has 0 radical (unpaired) electrons. The molecule has 1 aromatic carbocycles. The molecule has 0 saturated heterocycles. The van der Waals surface area contributed by atoms with Crippen molar-refractivity contribution in [3.63, 3.8) is 0 Å². The minimum Gasteiger partial charge on any atom is -0.318 e. The number of anilines is 2. The fourth-order valence-corrected chi connectivity index (χ4v) is 4.97. The van der Waals surface area contributed by atoms with E-state index in [0.717, 1.165) is 21.2 Å². The highest BCUT2D eigenvalue weighted by atomic mass is 79.9. The monoisotopic (exact) mass is 376 g/mol. The lowest BCUT2D eigenvalue weighted by molar-refractivity contribution is 0.765. The normalized spacial score (nSPS) is 14.2. The van der Waals surface area contributed by atoms with Crippen molar-refractivity contribution < 1.29 is 0 Å². The van der Waals surface area contributed by atoms with E-state index in [9.17, 15) is 0 Å². The minimum absolute atomic E-state index is 1.05. The third kappa shape index (κ3) is 2.54. The van der Waals surface area contributed by atoms with Gasteiger partial charge in [0.05, 0.1) is 14.4 Å². The summed E-state index contributed by atoms with van der Waals surface area (Å²) in [5.41, 5.74) is 3.82. The number of fused-ring (bicyclic) bond motifs is 1. The Morgan fingerprint density at radius 3 is 2.90 bits per heavy atom. The van der Waals surface area contributed by atoms with Crippen molar-refractivity contribution in [1.82, 2.24) is 4.98 Å². The quantitative estimate of drug-likeness (QED) is 0.568. The van der Waals surface area contributed by atoms with E-state index in [0.29, 0.717) is 0 Å². The van der Waals surface area contributed by atoms with E-state index in [4.69, 9.17) is 4.98 Å². The second-order valence-electron chi connectivity index (χ2n) is 5.00. The molecule has 21 heavy (non-hydrogen) atoms. The van der Waals surface area contributed by atoms with Gasteiger partial charge in [-0.05, 0) is 52.5 Å². The molecule has 106 valence electrons. The number of halogens is 1. The van der Waals surface area contributed by atoms with Gasteiger partial charge in [0.15, 0.2) is 5.13 Å². The molecule has 1 aliphatic rings. The lowest BCUT2D eigenvalue weighted by atomic mass is 10.0. The summed E-state index contributed by atoms with van der Waals surface area (Å²) in [7, 11) is 0. The Morgan fingerprint density at radius 1 is 1.14 bits per heavy atom. The molecule has 0 atom stereocenters. The second kappa shape index (κ2) is 5.55. The number of rotatable bonds is 2. The lowest BCUT2D eigenvalue weighted by Crippen LogP contribution is -2.24. The summed E-state index contributed by atoms with van der Waals surface area (Å²) < 4.78 is 1.15. The minimum atomic E-state index is 1.05. The van der Waals surface area contributed by atoms with E-state index in [1.165, 1.54) is 29.0 Å². The first-order valence-electron chi connectivity index (χ1n) is 6.88. The van der Waals surface area contributed by atoms with Gasteiger partial charge in [0.1, 0.15) is 0 Å². The second-order valence-corrected chi connectivity index (χ2v) is 8.30. The van der Waals surface area contributed by atoms with E-state index in [1.807, 2.05) is 0 Å².